The molecule has 126 valence electrons. The van der Waals surface area contributed by atoms with Crippen molar-refractivity contribution in [3.05, 3.63) is 76.0 Å². The van der Waals surface area contributed by atoms with Crippen molar-refractivity contribution in [2.75, 3.05) is 5.32 Å². The van der Waals surface area contributed by atoms with Gasteiger partial charge in [0.25, 0.3) is 0 Å². The summed E-state index contributed by atoms with van der Waals surface area (Å²) in [4.78, 5) is 20.9. The molecule has 0 atom stereocenters. The Morgan fingerprint density at radius 2 is 1.68 bits per heavy atom. The number of aryl methyl sites for hydroxylation is 2. The van der Waals surface area contributed by atoms with Crippen LogP contribution in [0.1, 0.15) is 21.7 Å². The molecule has 1 aromatic heterocycles. The van der Waals surface area contributed by atoms with Gasteiger partial charge in [0.05, 0.1) is 5.56 Å². The maximum absolute atomic E-state index is 12.2. The molecule has 1 heterocycles. The van der Waals surface area contributed by atoms with E-state index < -0.39 is 5.97 Å². The van der Waals surface area contributed by atoms with E-state index in [-0.39, 0.29) is 0 Å². The van der Waals surface area contributed by atoms with E-state index in [4.69, 9.17) is 4.74 Å². The van der Waals surface area contributed by atoms with Crippen LogP contribution in [0.2, 0.25) is 0 Å². The van der Waals surface area contributed by atoms with E-state index in [1.807, 2.05) is 26.0 Å². The number of nitrogens with zero attached hydrogens (tertiary/aromatic N) is 2. The number of halogens is 1. The van der Waals surface area contributed by atoms with Crippen LogP contribution in [0, 0.1) is 13.8 Å². The third-order valence-electron chi connectivity index (χ3n) is 3.36. The predicted molar refractivity (Wildman–Crippen MR) is 100 cm³/mol. The van der Waals surface area contributed by atoms with Crippen molar-refractivity contribution in [2.45, 2.75) is 13.8 Å². The minimum absolute atomic E-state index is 0.410. The van der Waals surface area contributed by atoms with Crippen molar-refractivity contribution in [2.24, 2.45) is 0 Å². The summed E-state index contributed by atoms with van der Waals surface area (Å²) >= 11 is 3.34. The van der Waals surface area contributed by atoms with Crippen LogP contribution in [0.4, 0.5) is 11.6 Å². The molecule has 0 radical (unpaired) electrons. The van der Waals surface area contributed by atoms with Crippen LogP contribution in [0.25, 0.3) is 0 Å². The van der Waals surface area contributed by atoms with Gasteiger partial charge in [-0.3, -0.25) is 0 Å². The summed E-state index contributed by atoms with van der Waals surface area (Å²) in [6.45, 7) is 3.83. The standard InChI is InChI=1S/C19H16BrN3O2/c1-12-10-13(2)22-19(21-12)23-16-4-3-5-17(11-16)25-18(24)14-6-8-15(20)9-7-14/h3-11H,1-2H3,(H,21,22,23). The lowest BCUT2D eigenvalue weighted by Crippen LogP contribution is -2.08. The Kier molecular flexibility index (Phi) is 5.09. The monoisotopic (exact) mass is 397 g/mol. The second-order valence-electron chi connectivity index (χ2n) is 5.52. The summed E-state index contributed by atoms with van der Waals surface area (Å²) in [5.74, 6) is 0.545. The predicted octanol–water partition coefficient (Wildman–Crippen LogP) is 4.82. The van der Waals surface area contributed by atoms with Crippen molar-refractivity contribution in [1.82, 2.24) is 9.97 Å². The van der Waals surface area contributed by atoms with Gasteiger partial charge in [-0.1, -0.05) is 22.0 Å². The number of aromatic nitrogens is 2. The molecule has 0 fully saturated rings. The van der Waals surface area contributed by atoms with E-state index in [0.29, 0.717) is 17.3 Å². The minimum atomic E-state index is -0.410. The number of ether oxygens (including phenoxy) is 1. The molecule has 6 heteroatoms. The number of benzene rings is 2. The Labute approximate surface area is 154 Å². The van der Waals surface area contributed by atoms with Crippen LogP contribution in [0.15, 0.2) is 59.1 Å². The largest absolute Gasteiger partial charge is 0.423 e. The number of anilines is 2. The Morgan fingerprint density at radius 3 is 2.36 bits per heavy atom. The normalized spacial score (nSPS) is 10.4. The molecule has 2 aromatic carbocycles. The number of hydrogen-bond acceptors (Lipinski definition) is 5. The Balaban J connectivity index is 1.74. The van der Waals surface area contributed by atoms with Crippen LogP contribution in [0.3, 0.4) is 0 Å². The first-order chi connectivity index (χ1) is 12.0. The zero-order chi connectivity index (χ0) is 17.8. The Hall–Kier alpha value is -2.73. The number of nitrogens with one attached hydrogen (secondary N) is 1. The molecule has 5 nitrogen and oxygen atoms in total. The molecule has 3 aromatic rings. The van der Waals surface area contributed by atoms with Crippen LogP contribution < -0.4 is 10.1 Å². The first-order valence-electron chi connectivity index (χ1n) is 7.67. The number of rotatable bonds is 4. The van der Waals surface area contributed by atoms with Crippen molar-refractivity contribution < 1.29 is 9.53 Å². The maximum atomic E-state index is 12.2. The van der Waals surface area contributed by atoms with E-state index >= 15 is 0 Å². The van der Waals surface area contributed by atoms with Gasteiger partial charge in [-0.05, 0) is 56.3 Å². The van der Waals surface area contributed by atoms with Crippen molar-refractivity contribution >= 4 is 33.5 Å². The van der Waals surface area contributed by atoms with Gasteiger partial charge >= 0.3 is 5.97 Å². The zero-order valence-electron chi connectivity index (χ0n) is 13.8. The van der Waals surface area contributed by atoms with E-state index in [1.165, 1.54) is 0 Å². The molecule has 0 unspecified atom stereocenters. The van der Waals surface area contributed by atoms with Crippen LogP contribution in [-0.4, -0.2) is 15.9 Å². The lowest BCUT2D eigenvalue weighted by atomic mass is 10.2. The number of hydrogen-bond donors (Lipinski definition) is 1. The number of carbonyl (C=O) groups excluding carboxylic acids is 1. The molecule has 0 aliphatic rings. The Morgan fingerprint density at radius 1 is 1.00 bits per heavy atom. The van der Waals surface area contributed by atoms with Crippen LogP contribution >= 0.6 is 15.9 Å². The van der Waals surface area contributed by atoms with Gasteiger partial charge in [0, 0.05) is 27.6 Å². The van der Waals surface area contributed by atoms with E-state index in [1.54, 1.807) is 42.5 Å². The molecule has 25 heavy (non-hydrogen) atoms. The van der Waals surface area contributed by atoms with Gasteiger partial charge < -0.3 is 10.1 Å². The number of carbonyl (C=O) groups is 1. The molecule has 0 amide bonds. The molecule has 0 aliphatic heterocycles. The van der Waals surface area contributed by atoms with Gasteiger partial charge in [-0.2, -0.15) is 0 Å². The quantitative estimate of drug-likeness (QED) is 0.504. The molecule has 0 bridgehead atoms. The molecular formula is C19H16BrN3O2. The highest BCUT2D eigenvalue weighted by molar-refractivity contribution is 9.10. The first kappa shape index (κ1) is 17.1. The molecule has 0 saturated carbocycles. The third kappa shape index (κ3) is 4.64. The number of esters is 1. The fourth-order valence-corrected chi connectivity index (χ4v) is 2.56. The van der Waals surface area contributed by atoms with E-state index in [2.05, 4.69) is 31.2 Å². The summed E-state index contributed by atoms with van der Waals surface area (Å²) in [5.41, 5.74) is 2.99. The minimum Gasteiger partial charge on any atom is -0.423 e. The molecule has 0 saturated heterocycles. The van der Waals surface area contributed by atoms with Crippen molar-refractivity contribution in [3.63, 3.8) is 0 Å². The summed E-state index contributed by atoms with van der Waals surface area (Å²) in [7, 11) is 0. The average Bonchev–Trinajstić information content (AvgIpc) is 2.54. The highest BCUT2D eigenvalue weighted by atomic mass is 79.9. The van der Waals surface area contributed by atoms with Crippen LogP contribution in [0.5, 0.6) is 5.75 Å². The molecular weight excluding hydrogens is 382 g/mol. The summed E-state index contributed by atoms with van der Waals surface area (Å²) in [5, 5.41) is 3.13. The maximum Gasteiger partial charge on any atom is 0.343 e. The van der Waals surface area contributed by atoms with Crippen LogP contribution in [-0.2, 0) is 0 Å². The second-order valence-corrected chi connectivity index (χ2v) is 6.44. The van der Waals surface area contributed by atoms with Gasteiger partial charge in [0.1, 0.15) is 5.75 Å². The van der Waals surface area contributed by atoms with E-state index in [9.17, 15) is 4.79 Å². The molecule has 1 N–H and O–H groups in total. The summed E-state index contributed by atoms with van der Waals surface area (Å²) < 4.78 is 6.34. The highest BCUT2D eigenvalue weighted by Crippen LogP contribution is 2.21. The Bertz CT molecular complexity index is 891. The highest BCUT2D eigenvalue weighted by Gasteiger charge is 2.09. The van der Waals surface area contributed by atoms with Crippen molar-refractivity contribution in [3.8, 4) is 5.75 Å². The summed E-state index contributed by atoms with van der Waals surface area (Å²) in [6.07, 6.45) is 0. The van der Waals surface area contributed by atoms with Crippen molar-refractivity contribution in [1.29, 1.82) is 0 Å². The lowest BCUT2D eigenvalue weighted by molar-refractivity contribution is 0.0735. The van der Waals surface area contributed by atoms with E-state index in [0.717, 1.165) is 21.5 Å². The summed E-state index contributed by atoms with van der Waals surface area (Å²) in [6, 6.07) is 16.0. The van der Waals surface area contributed by atoms with Gasteiger partial charge in [0.15, 0.2) is 0 Å². The molecule has 0 spiro atoms. The topological polar surface area (TPSA) is 64.1 Å². The third-order valence-corrected chi connectivity index (χ3v) is 3.89. The van der Waals surface area contributed by atoms with Gasteiger partial charge in [0.2, 0.25) is 5.95 Å². The zero-order valence-corrected chi connectivity index (χ0v) is 15.4. The first-order valence-corrected chi connectivity index (χ1v) is 8.46. The lowest BCUT2D eigenvalue weighted by Gasteiger charge is -2.09. The smallest absolute Gasteiger partial charge is 0.343 e. The fourth-order valence-electron chi connectivity index (χ4n) is 2.30. The molecule has 0 aliphatic carbocycles. The average molecular weight is 398 g/mol. The second kappa shape index (κ2) is 7.44. The van der Waals surface area contributed by atoms with Gasteiger partial charge in [-0.25, -0.2) is 14.8 Å². The molecule has 3 rings (SSSR count). The fraction of sp³-hybridized carbons (Fsp3) is 0.105. The SMILES string of the molecule is Cc1cc(C)nc(Nc2cccc(OC(=O)c3ccc(Br)cc3)c2)n1. The van der Waals surface area contributed by atoms with Gasteiger partial charge in [-0.15, -0.1) is 0 Å².